The van der Waals surface area contributed by atoms with Crippen molar-refractivity contribution < 1.29 is 23.8 Å². The number of halogens is 2. The molecule has 2 amide bonds. The number of rotatable bonds is 9. The van der Waals surface area contributed by atoms with Gasteiger partial charge in [0.2, 0.25) is 5.91 Å². The van der Waals surface area contributed by atoms with Crippen molar-refractivity contribution in [1.82, 2.24) is 10.6 Å². The van der Waals surface area contributed by atoms with Crippen LogP contribution in [0.1, 0.15) is 32.8 Å². The molecular formula is C18H26ClFN2O4. The maximum Gasteiger partial charge on any atom is 0.408 e. The molecule has 1 aromatic carbocycles. The fraction of sp³-hybridized carbons (Fsp3) is 0.556. The second-order valence-corrected chi connectivity index (χ2v) is 6.69. The van der Waals surface area contributed by atoms with Gasteiger partial charge in [0, 0.05) is 10.6 Å². The van der Waals surface area contributed by atoms with Gasteiger partial charge in [0.1, 0.15) is 25.4 Å². The van der Waals surface area contributed by atoms with Crippen molar-refractivity contribution in [2.75, 3.05) is 6.67 Å². The second kappa shape index (κ2) is 11.0. The lowest BCUT2D eigenvalue weighted by atomic mass is 10.0. The zero-order valence-electron chi connectivity index (χ0n) is 15.2. The number of alkyl carbamates (subject to hydrolysis) is 1. The molecule has 0 spiro atoms. The average molecular weight is 389 g/mol. The highest BCUT2D eigenvalue weighted by molar-refractivity contribution is 6.31. The molecule has 0 bridgehead atoms. The molecule has 1 rings (SSSR count). The Bertz CT molecular complexity index is 600. The lowest BCUT2D eigenvalue weighted by molar-refractivity contribution is -0.125. The maximum absolute atomic E-state index is 12.6. The Morgan fingerprint density at radius 2 is 1.92 bits per heavy atom. The number of aliphatic hydroxyl groups is 1. The molecule has 146 valence electrons. The van der Waals surface area contributed by atoms with E-state index in [1.807, 2.05) is 0 Å². The van der Waals surface area contributed by atoms with Gasteiger partial charge in [0.05, 0.1) is 6.04 Å². The number of ether oxygens (including phenoxy) is 1. The van der Waals surface area contributed by atoms with Crippen LogP contribution in [0.25, 0.3) is 0 Å². The van der Waals surface area contributed by atoms with Crippen molar-refractivity contribution in [3.05, 3.63) is 34.9 Å². The van der Waals surface area contributed by atoms with E-state index in [2.05, 4.69) is 10.6 Å². The summed E-state index contributed by atoms with van der Waals surface area (Å²) in [6.07, 6.45) is -1.69. The lowest BCUT2D eigenvalue weighted by Gasteiger charge is -2.26. The molecule has 0 saturated heterocycles. The minimum Gasteiger partial charge on any atom is -0.445 e. The lowest BCUT2D eigenvalue weighted by Crippen LogP contribution is -2.54. The summed E-state index contributed by atoms with van der Waals surface area (Å²) in [5.41, 5.74) is 0.645. The van der Waals surface area contributed by atoms with Gasteiger partial charge in [-0.2, -0.15) is 0 Å². The fourth-order valence-corrected chi connectivity index (χ4v) is 2.50. The molecule has 3 atom stereocenters. The second-order valence-electron chi connectivity index (χ2n) is 6.28. The summed E-state index contributed by atoms with van der Waals surface area (Å²) >= 11 is 6.00. The van der Waals surface area contributed by atoms with E-state index in [0.717, 1.165) is 0 Å². The Morgan fingerprint density at radius 3 is 2.46 bits per heavy atom. The Labute approximate surface area is 158 Å². The molecular weight excluding hydrogens is 363 g/mol. The molecule has 26 heavy (non-hydrogen) atoms. The van der Waals surface area contributed by atoms with Crippen molar-refractivity contribution in [2.24, 2.45) is 5.92 Å². The third kappa shape index (κ3) is 6.80. The van der Waals surface area contributed by atoms with Crippen LogP contribution in [0.15, 0.2) is 24.3 Å². The summed E-state index contributed by atoms with van der Waals surface area (Å²) in [5.74, 6) is -0.739. The van der Waals surface area contributed by atoms with Crippen molar-refractivity contribution >= 4 is 23.6 Å². The summed E-state index contributed by atoms with van der Waals surface area (Å²) < 4.78 is 17.8. The fourth-order valence-electron chi connectivity index (χ4n) is 2.31. The first-order valence-corrected chi connectivity index (χ1v) is 8.89. The summed E-state index contributed by atoms with van der Waals surface area (Å²) in [5, 5.41) is 15.1. The Kier molecular flexibility index (Phi) is 9.37. The third-order valence-electron chi connectivity index (χ3n) is 3.93. The summed E-state index contributed by atoms with van der Waals surface area (Å²) in [6, 6.07) is 5.34. The summed E-state index contributed by atoms with van der Waals surface area (Å²) in [7, 11) is 0. The highest BCUT2D eigenvalue weighted by Crippen LogP contribution is 2.16. The van der Waals surface area contributed by atoms with E-state index in [0.29, 0.717) is 17.0 Å². The minimum atomic E-state index is -1.29. The number of aliphatic hydroxyl groups excluding tert-OH is 1. The number of alkyl halides is 1. The van der Waals surface area contributed by atoms with Gasteiger partial charge in [-0.1, -0.05) is 50.6 Å². The zero-order chi connectivity index (χ0) is 19.7. The van der Waals surface area contributed by atoms with Crippen LogP contribution in [-0.2, 0) is 16.1 Å². The van der Waals surface area contributed by atoms with Gasteiger partial charge in [-0.15, -0.1) is 0 Å². The third-order valence-corrected chi connectivity index (χ3v) is 4.30. The standard InChI is InChI=1S/C18H26ClFN2O4/c1-4-14(15(23)9-20)21-17(24)16(11(2)3)22-18(25)26-10-12-7-5-6-8-13(12)19/h5-8,11,14-16,23H,4,9-10H2,1-3H3,(H,21,24)(H,22,25). The van der Waals surface area contributed by atoms with Crippen molar-refractivity contribution in [3.8, 4) is 0 Å². The molecule has 0 radical (unpaired) electrons. The highest BCUT2D eigenvalue weighted by Gasteiger charge is 2.28. The number of nitrogens with one attached hydrogen (secondary N) is 2. The van der Waals surface area contributed by atoms with Gasteiger partial charge in [0.15, 0.2) is 0 Å². The quantitative estimate of drug-likeness (QED) is 0.607. The van der Waals surface area contributed by atoms with Gasteiger partial charge < -0.3 is 20.5 Å². The molecule has 3 unspecified atom stereocenters. The SMILES string of the molecule is CCC(NC(=O)C(NC(=O)OCc1ccccc1Cl)C(C)C)C(O)CF. The average Bonchev–Trinajstić information content (AvgIpc) is 2.62. The van der Waals surface area contributed by atoms with Crippen molar-refractivity contribution in [3.63, 3.8) is 0 Å². The first kappa shape index (κ1) is 22.2. The number of hydrogen-bond donors (Lipinski definition) is 3. The highest BCUT2D eigenvalue weighted by atomic mass is 35.5. The van der Waals surface area contributed by atoms with E-state index in [1.54, 1.807) is 45.0 Å². The van der Waals surface area contributed by atoms with Crippen LogP contribution in [0.2, 0.25) is 5.02 Å². The first-order valence-electron chi connectivity index (χ1n) is 8.51. The predicted octanol–water partition coefficient (Wildman–Crippen LogP) is 2.82. The van der Waals surface area contributed by atoms with Gasteiger partial charge >= 0.3 is 6.09 Å². The van der Waals surface area contributed by atoms with Crippen LogP contribution in [0, 0.1) is 5.92 Å². The Balaban J connectivity index is 2.64. The molecule has 0 aromatic heterocycles. The molecule has 0 aliphatic rings. The Morgan fingerprint density at radius 1 is 1.27 bits per heavy atom. The molecule has 6 nitrogen and oxygen atoms in total. The number of amides is 2. The molecule has 0 saturated carbocycles. The van der Waals surface area contributed by atoms with Crippen LogP contribution >= 0.6 is 11.6 Å². The van der Waals surface area contributed by atoms with Crippen LogP contribution in [-0.4, -0.2) is 42.0 Å². The predicted molar refractivity (Wildman–Crippen MR) is 97.6 cm³/mol. The van der Waals surface area contributed by atoms with Gasteiger partial charge in [-0.05, 0) is 18.4 Å². The van der Waals surface area contributed by atoms with Crippen molar-refractivity contribution in [2.45, 2.75) is 52.0 Å². The number of hydrogen-bond acceptors (Lipinski definition) is 4. The molecule has 0 aliphatic carbocycles. The van der Waals surface area contributed by atoms with Crippen molar-refractivity contribution in [1.29, 1.82) is 0 Å². The van der Waals surface area contributed by atoms with Crippen LogP contribution in [0.4, 0.5) is 9.18 Å². The van der Waals surface area contributed by atoms with E-state index in [4.69, 9.17) is 16.3 Å². The summed E-state index contributed by atoms with van der Waals surface area (Å²) in [6.45, 7) is 4.24. The molecule has 0 fully saturated rings. The molecule has 0 heterocycles. The van der Waals surface area contributed by atoms with E-state index in [1.165, 1.54) is 0 Å². The normalized spacial score (nSPS) is 14.4. The zero-order valence-corrected chi connectivity index (χ0v) is 15.9. The van der Waals surface area contributed by atoms with E-state index >= 15 is 0 Å². The van der Waals surface area contributed by atoms with E-state index in [9.17, 15) is 19.1 Å². The van der Waals surface area contributed by atoms with Crippen LogP contribution in [0.3, 0.4) is 0 Å². The molecule has 3 N–H and O–H groups in total. The molecule has 0 aliphatic heterocycles. The molecule has 1 aromatic rings. The number of benzene rings is 1. The van der Waals surface area contributed by atoms with E-state index in [-0.39, 0.29) is 12.5 Å². The largest absolute Gasteiger partial charge is 0.445 e. The molecule has 8 heteroatoms. The van der Waals surface area contributed by atoms with Gasteiger partial charge in [-0.3, -0.25) is 4.79 Å². The van der Waals surface area contributed by atoms with E-state index < -0.39 is 36.9 Å². The topological polar surface area (TPSA) is 87.7 Å². The monoisotopic (exact) mass is 388 g/mol. The van der Waals surface area contributed by atoms with Gasteiger partial charge in [-0.25, -0.2) is 9.18 Å². The number of carbonyl (C=O) groups is 2. The Hall–Kier alpha value is -1.86. The minimum absolute atomic E-state index is 0.0317. The van der Waals surface area contributed by atoms with Gasteiger partial charge in [0.25, 0.3) is 0 Å². The maximum atomic E-state index is 12.6. The summed E-state index contributed by atoms with van der Waals surface area (Å²) in [4.78, 5) is 24.4. The van der Waals surface area contributed by atoms with Crippen LogP contribution < -0.4 is 10.6 Å². The van der Waals surface area contributed by atoms with Crippen LogP contribution in [0.5, 0.6) is 0 Å². The number of carbonyl (C=O) groups excluding carboxylic acids is 2. The smallest absolute Gasteiger partial charge is 0.408 e. The first-order chi connectivity index (χ1) is 12.3.